The second-order valence-electron chi connectivity index (χ2n) is 6.70. The van der Waals surface area contributed by atoms with Gasteiger partial charge in [0.2, 0.25) is 0 Å². The molecule has 0 aliphatic carbocycles. The van der Waals surface area contributed by atoms with Crippen LogP contribution in [0.5, 0.6) is 0 Å². The van der Waals surface area contributed by atoms with E-state index in [1.807, 2.05) is 19.9 Å². The topological polar surface area (TPSA) is 120 Å². The third-order valence-electron chi connectivity index (χ3n) is 4.65. The van der Waals surface area contributed by atoms with Crippen LogP contribution >= 0.6 is 0 Å². The van der Waals surface area contributed by atoms with Gasteiger partial charge in [-0.1, -0.05) is 5.21 Å². The van der Waals surface area contributed by atoms with Crippen LogP contribution in [0, 0.1) is 25.2 Å². The third-order valence-corrected chi connectivity index (χ3v) is 4.65. The van der Waals surface area contributed by atoms with Crippen LogP contribution in [0.4, 0.5) is 5.82 Å². The lowest BCUT2D eigenvalue weighted by Crippen LogP contribution is -2.38. The predicted molar refractivity (Wildman–Crippen MR) is 98.4 cm³/mol. The molecule has 1 aliphatic heterocycles. The fourth-order valence-corrected chi connectivity index (χ4v) is 3.37. The van der Waals surface area contributed by atoms with Crippen molar-refractivity contribution in [2.24, 2.45) is 0 Å². The predicted octanol–water partition coefficient (Wildman–Crippen LogP) is 0.725. The summed E-state index contributed by atoms with van der Waals surface area (Å²) >= 11 is 0. The molecule has 1 unspecified atom stereocenters. The third kappa shape index (κ3) is 4.06. The van der Waals surface area contributed by atoms with Gasteiger partial charge in [0.1, 0.15) is 11.9 Å². The van der Waals surface area contributed by atoms with E-state index in [1.54, 1.807) is 10.9 Å². The van der Waals surface area contributed by atoms with Gasteiger partial charge in [0.25, 0.3) is 5.91 Å². The first-order chi connectivity index (χ1) is 13.0. The van der Waals surface area contributed by atoms with Gasteiger partial charge in [0.05, 0.1) is 24.4 Å². The Bertz CT molecular complexity index is 871. The number of hydrogen-bond acceptors (Lipinski definition) is 7. The Labute approximate surface area is 157 Å². The zero-order chi connectivity index (χ0) is 19.4. The van der Waals surface area contributed by atoms with Crippen molar-refractivity contribution >= 4 is 11.7 Å². The molecule has 9 nitrogen and oxygen atoms in total. The number of carbonyl (C=O) groups excluding carboxylic acids is 1. The molecule has 1 amide bonds. The number of aliphatic hydroxyl groups is 1. The minimum absolute atomic E-state index is 0.0415. The number of hydrogen-bond donors (Lipinski definition) is 2. The van der Waals surface area contributed by atoms with Gasteiger partial charge in [0.15, 0.2) is 5.69 Å². The number of nitrogens with zero attached hydrogens (tertiary/aromatic N) is 6. The lowest BCUT2D eigenvalue weighted by Gasteiger charge is -2.34. The molecule has 1 atom stereocenters. The van der Waals surface area contributed by atoms with Crippen LogP contribution in [0.3, 0.4) is 0 Å². The molecule has 9 heteroatoms. The average Bonchev–Trinajstić information content (AvgIpc) is 3.16. The molecule has 0 spiro atoms. The molecule has 0 bridgehead atoms. The Morgan fingerprint density at radius 3 is 3.04 bits per heavy atom. The fraction of sp³-hybridized carbons (Fsp3) is 0.500. The maximum absolute atomic E-state index is 11.9. The number of nitriles is 1. The number of piperidine rings is 1. The molecular weight excluding hydrogens is 346 g/mol. The van der Waals surface area contributed by atoms with Gasteiger partial charge < -0.3 is 15.3 Å². The monoisotopic (exact) mass is 369 g/mol. The van der Waals surface area contributed by atoms with Crippen molar-refractivity contribution in [2.45, 2.75) is 32.7 Å². The van der Waals surface area contributed by atoms with Gasteiger partial charge in [0, 0.05) is 25.3 Å². The number of aliphatic hydroxyl groups excluding tert-OH is 1. The largest absolute Gasteiger partial charge is 0.395 e. The van der Waals surface area contributed by atoms with Crippen molar-refractivity contribution in [1.29, 1.82) is 5.26 Å². The number of nitrogens with one attached hydrogen (secondary N) is 1. The van der Waals surface area contributed by atoms with E-state index in [-0.39, 0.29) is 30.8 Å². The number of anilines is 1. The second-order valence-corrected chi connectivity index (χ2v) is 6.70. The number of rotatable bonds is 5. The van der Waals surface area contributed by atoms with Crippen molar-refractivity contribution in [2.75, 3.05) is 31.1 Å². The molecular formula is C18H23N7O2. The lowest BCUT2D eigenvalue weighted by molar-refractivity contribution is 0.0939. The van der Waals surface area contributed by atoms with Gasteiger partial charge in [-0.15, -0.1) is 5.10 Å². The molecule has 3 rings (SSSR count). The van der Waals surface area contributed by atoms with E-state index >= 15 is 0 Å². The van der Waals surface area contributed by atoms with E-state index in [1.165, 1.54) is 0 Å². The van der Waals surface area contributed by atoms with Gasteiger partial charge >= 0.3 is 0 Å². The van der Waals surface area contributed by atoms with E-state index in [4.69, 9.17) is 5.11 Å². The van der Waals surface area contributed by atoms with Crippen molar-refractivity contribution < 1.29 is 9.90 Å². The molecule has 0 saturated carbocycles. The van der Waals surface area contributed by atoms with Crippen molar-refractivity contribution in [3.63, 3.8) is 0 Å². The highest BCUT2D eigenvalue weighted by Gasteiger charge is 2.26. The first-order valence-corrected chi connectivity index (χ1v) is 8.97. The average molecular weight is 369 g/mol. The van der Waals surface area contributed by atoms with Crippen LogP contribution in [0.1, 0.15) is 46.2 Å². The number of carbonyl (C=O) groups is 1. The highest BCUT2D eigenvalue weighted by Crippen LogP contribution is 2.28. The molecule has 2 N–H and O–H groups in total. The smallest absolute Gasteiger partial charge is 0.273 e. The maximum Gasteiger partial charge on any atom is 0.273 e. The summed E-state index contributed by atoms with van der Waals surface area (Å²) in [6.07, 6.45) is 3.46. The quantitative estimate of drug-likeness (QED) is 0.797. The second kappa shape index (κ2) is 8.14. The number of aromatic nitrogens is 4. The Morgan fingerprint density at radius 2 is 2.30 bits per heavy atom. The summed E-state index contributed by atoms with van der Waals surface area (Å²) in [6, 6.07) is 4.23. The molecule has 3 heterocycles. The standard InChI is InChI=1S/C18H23N7O2/c1-12-8-13(2)21-17(15(12)9-19)24-6-3-4-14(10-24)25-11-16(22-23-25)18(27)20-5-7-26/h8,11,14,26H,3-7,10H2,1-2H3,(H,20,27). The van der Waals surface area contributed by atoms with Crippen molar-refractivity contribution in [1.82, 2.24) is 25.3 Å². The summed E-state index contributed by atoms with van der Waals surface area (Å²) in [4.78, 5) is 18.7. The minimum atomic E-state index is -0.356. The van der Waals surface area contributed by atoms with Crippen LogP contribution in [0.2, 0.25) is 0 Å². The number of aryl methyl sites for hydroxylation is 2. The summed E-state index contributed by atoms with van der Waals surface area (Å²) in [5.41, 5.74) is 2.63. The van der Waals surface area contributed by atoms with E-state index in [2.05, 4.69) is 31.6 Å². The molecule has 1 aliphatic rings. The SMILES string of the molecule is Cc1cc(C)c(C#N)c(N2CCCC(n3cc(C(=O)NCCO)nn3)C2)n1. The molecule has 0 aromatic carbocycles. The zero-order valence-electron chi connectivity index (χ0n) is 15.5. The van der Waals surface area contributed by atoms with Gasteiger partial charge in [-0.05, 0) is 38.3 Å². The van der Waals surface area contributed by atoms with E-state index in [9.17, 15) is 10.1 Å². The first kappa shape index (κ1) is 18.8. The van der Waals surface area contributed by atoms with Crippen LogP contribution in [-0.4, -0.2) is 57.2 Å². The number of amides is 1. The van der Waals surface area contributed by atoms with Crippen LogP contribution < -0.4 is 10.2 Å². The van der Waals surface area contributed by atoms with E-state index < -0.39 is 0 Å². The van der Waals surface area contributed by atoms with Gasteiger partial charge in [-0.2, -0.15) is 5.26 Å². The molecule has 0 radical (unpaired) electrons. The van der Waals surface area contributed by atoms with Crippen molar-refractivity contribution in [3.05, 3.63) is 34.8 Å². The summed E-state index contributed by atoms with van der Waals surface area (Å²) in [7, 11) is 0. The summed E-state index contributed by atoms with van der Waals surface area (Å²) in [5, 5.41) is 28.9. The summed E-state index contributed by atoms with van der Waals surface area (Å²) in [5.74, 6) is 0.353. The van der Waals surface area contributed by atoms with E-state index in [0.29, 0.717) is 17.9 Å². The normalized spacial score (nSPS) is 16.8. The molecule has 27 heavy (non-hydrogen) atoms. The molecule has 1 saturated heterocycles. The van der Waals surface area contributed by atoms with E-state index in [0.717, 1.165) is 30.6 Å². The van der Waals surface area contributed by atoms with Crippen molar-refractivity contribution in [3.8, 4) is 6.07 Å². The summed E-state index contributed by atoms with van der Waals surface area (Å²) in [6.45, 7) is 5.37. The zero-order valence-corrected chi connectivity index (χ0v) is 15.5. The minimum Gasteiger partial charge on any atom is -0.395 e. The Kier molecular flexibility index (Phi) is 5.66. The van der Waals surface area contributed by atoms with Crippen LogP contribution in [0.15, 0.2) is 12.3 Å². The Hall–Kier alpha value is -2.99. The maximum atomic E-state index is 11.9. The highest BCUT2D eigenvalue weighted by molar-refractivity contribution is 5.91. The number of pyridine rings is 1. The first-order valence-electron chi connectivity index (χ1n) is 8.97. The van der Waals surface area contributed by atoms with Crippen LogP contribution in [0.25, 0.3) is 0 Å². The Balaban J connectivity index is 1.79. The molecule has 1 fully saturated rings. The molecule has 2 aromatic rings. The Morgan fingerprint density at radius 1 is 1.48 bits per heavy atom. The van der Waals surface area contributed by atoms with Gasteiger partial charge in [-0.25, -0.2) is 9.67 Å². The molecule has 2 aromatic heterocycles. The molecule has 142 valence electrons. The van der Waals surface area contributed by atoms with Gasteiger partial charge in [-0.3, -0.25) is 4.79 Å². The van der Waals surface area contributed by atoms with Crippen LogP contribution in [-0.2, 0) is 0 Å². The lowest BCUT2D eigenvalue weighted by atomic mass is 10.0. The fourth-order valence-electron chi connectivity index (χ4n) is 3.37. The summed E-state index contributed by atoms with van der Waals surface area (Å²) < 4.78 is 1.70. The highest BCUT2D eigenvalue weighted by atomic mass is 16.3.